The van der Waals surface area contributed by atoms with Gasteiger partial charge in [-0.3, -0.25) is 0 Å². The maximum absolute atomic E-state index is 12.0. The molecule has 0 radical (unpaired) electrons. The molecule has 0 atom stereocenters. The van der Waals surface area contributed by atoms with Crippen molar-refractivity contribution in [1.29, 1.82) is 0 Å². The van der Waals surface area contributed by atoms with Crippen LogP contribution in [0.2, 0.25) is 10.2 Å². The van der Waals surface area contributed by atoms with Gasteiger partial charge in [0, 0.05) is 11.8 Å². The molecule has 0 saturated carbocycles. The number of benzene rings is 1. The Morgan fingerprint density at radius 1 is 1.00 bits per heavy atom. The summed E-state index contributed by atoms with van der Waals surface area (Å²) in [6, 6.07) is 6.76. The highest BCUT2D eigenvalue weighted by molar-refractivity contribution is 6.38. The van der Waals surface area contributed by atoms with Gasteiger partial charge in [-0.1, -0.05) is 35.3 Å². The molecule has 7 heteroatoms. The van der Waals surface area contributed by atoms with Crippen LogP contribution in [0, 0.1) is 0 Å². The van der Waals surface area contributed by atoms with E-state index in [1.807, 2.05) is 0 Å². The molecular weight excluding hydrogens is 302 g/mol. The molecule has 0 N–H and O–H groups in total. The molecule has 1 heterocycles. The minimum absolute atomic E-state index is 0.178. The van der Waals surface area contributed by atoms with Crippen molar-refractivity contribution < 1.29 is 17.9 Å². The molecule has 1 aromatic carbocycles. The van der Waals surface area contributed by atoms with Gasteiger partial charge in [0.15, 0.2) is 0 Å². The number of ether oxygens (including phenoxy) is 1. The molecule has 19 heavy (non-hydrogen) atoms. The topological polar surface area (TPSA) is 22.1 Å². The monoisotopic (exact) mass is 307 g/mol. The molecule has 1 aromatic heterocycles. The van der Waals surface area contributed by atoms with Gasteiger partial charge in [0.05, 0.1) is 5.02 Å². The van der Waals surface area contributed by atoms with E-state index in [4.69, 9.17) is 23.2 Å². The molecule has 0 aliphatic heterocycles. The van der Waals surface area contributed by atoms with E-state index < -0.39 is 6.36 Å². The average Bonchev–Trinajstić information content (AvgIpc) is 2.29. The third-order valence-corrected chi connectivity index (χ3v) is 2.83. The minimum Gasteiger partial charge on any atom is -0.406 e. The highest BCUT2D eigenvalue weighted by Crippen LogP contribution is 2.34. The summed E-state index contributed by atoms with van der Waals surface area (Å²) in [5, 5.41) is 0.543. The van der Waals surface area contributed by atoms with Crippen LogP contribution in [0.5, 0.6) is 5.75 Å². The molecule has 0 spiro atoms. The van der Waals surface area contributed by atoms with Gasteiger partial charge in [-0.15, -0.1) is 13.2 Å². The maximum Gasteiger partial charge on any atom is 0.573 e. The van der Waals surface area contributed by atoms with E-state index in [9.17, 15) is 13.2 Å². The largest absolute Gasteiger partial charge is 0.573 e. The second-order valence-corrected chi connectivity index (χ2v) is 4.30. The third kappa shape index (κ3) is 3.52. The van der Waals surface area contributed by atoms with Crippen LogP contribution in [0.4, 0.5) is 13.2 Å². The van der Waals surface area contributed by atoms with Crippen LogP contribution in [0.25, 0.3) is 11.1 Å². The van der Waals surface area contributed by atoms with Crippen molar-refractivity contribution >= 4 is 23.2 Å². The quantitative estimate of drug-likeness (QED) is 0.732. The first kappa shape index (κ1) is 14.0. The Morgan fingerprint density at radius 3 is 2.16 bits per heavy atom. The molecule has 2 nitrogen and oxygen atoms in total. The maximum atomic E-state index is 12.0. The van der Waals surface area contributed by atoms with Crippen LogP contribution in [0.3, 0.4) is 0 Å². The van der Waals surface area contributed by atoms with Crippen LogP contribution in [-0.4, -0.2) is 11.3 Å². The third-order valence-electron chi connectivity index (χ3n) is 2.23. The molecule has 0 amide bonds. The lowest BCUT2D eigenvalue weighted by Crippen LogP contribution is -2.16. The number of hydrogen-bond acceptors (Lipinski definition) is 2. The van der Waals surface area contributed by atoms with Gasteiger partial charge in [-0.05, 0) is 23.8 Å². The molecule has 0 fully saturated rings. The minimum atomic E-state index is -4.72. The number of pyridine rings is 1. The second kappa shape index (κ2) is 5.27. The second-order valence-electron chi connectivity index (χ2n) is 3.53. The number of rotatable bonds is 2. The number of alkyl halides is 3. The molecule has 0 aliphatic carbocycles. The summed E-state index contributed by atoms with van der Waals surface area (Å²) < 4.78 is 39.8. The van der Waals surface area contributed by atoms with Crippen LogP contribution in [0.1, 0.15) is 0 Å². The Labute approximate surface area is 116 Å². The first-order valence-electron chi connectivity index (χ1n) is 5.03. The lowest BCUT2D eigenvalue weighted by Gasteiger charge is -2.10. The van der Waals surface area contributed by atoms with Crippen molar-refractivity contribution in [1.82, 2.24) is 4.98 Å². The number of nitrogens with zero attached hydrogens (tertiary/aromatic N) is 1. The summed E-state index contributed by atoms with van der Waals surface area (Å²) in [5.41, 5.74) is 1.02. The van der Waals surface area contributed by atoms with E-state index in [0.717, 1.165) is 0 Å². The first-order valence-corrected chi connectivity index (χ1v) is 5.78. The van der Waals surface area contributed by atoms with Crippen molar-refractivity contribution in [3.63, 3.8) is 0 Å². The first-order chi connectivity index (χ1) is 8.87. The van der Waals surface area contributed by atoms with Crippen molar-refractivity contribution in [3.05, 3.63) is 46.7 Å². The Bertz CT molecular complexity index is 564. The molecule has 0 unspecified atom stereocenters. The molecule has 0 bridgehead atoms. The predicted octanol–water partition coefficient (Wildman–Crippen LogP) is 4.95. The molecule has 2 aromatic rings. The van der Waals surface area contributed by atoms with Gasteiger partial charge in [0.2, 0.25) is 0 Å². The van der Waals surface area contributed by atoms with Crippen molar-refractivity contribution in [2.45, 2.75) is 6.36 Å². The average molecular weight is 308 g/mol. The van der Waals surface area contributed by atoms with Crippen LogP contribution < -0.4 is 4.74 Å². The van der Waals surface area contributed by atoms with E-state index in [-0.39, 0.29) is 10.9 Å². The van der Waals surface area contributed by atoms with Gasteiger partial charge < -0.3 is 4.74 Å². The zero-order chi connectivity index (χ0) is 14.0. The molecule has 0 aliphatic rings. The van der Waals surface area contributed by atoms with E-state index in [2.05, 4.69) is 9.72 Å². The van der Waals surface area contributed by atoms with E-state index >= 15 is 0 Å². The fourth-order valence-electron chi connectivity index (χ4n) is 1.49. The van der Waals surface area contributed by atoms with Gasteiger partial charge in [0.1, 0.15) is 10.9 Å². The van der Waals surface area contributed by atoms with Gasteiger partial charge >= 0.3 is 6.36 Å². The standard InChI is InChI=1S/C12H6Cl2F3NO/c13-9-5-6-18-11(14)10(9)7-1-3-8(4-2-7)19-12(15,16)17/h1-6H. The number of halogens is 5. The zero-order valence-electron chi connectivity index (χ0n) is 9.21. The summed E-state index contributed by atoms with van der Waals surface area (Å²) in [4.78, 5) is 3.87. The highest BCUT2D eigenvalue weighted by Gasteiger charge is 2.31. The molecular formula is C12H6Cl2F3NO. The SMILES string of the molecule is FC(F)(F)Oc1ccc(-c2c(Cl)ccnc2Cl)cc1. The molecule has 100 valence electrons. The fraction of sp³-hybridized carbons (Fsp3) is 0.0833. The Hall–Kier alpha value is -1.46. The van der Waals surface area contributed by atoms with Crippen LogP contribution in [-0.2, 0) is 0 Å². The van der Waals surface area contributed by atoms with Crippen molar-refractivity contribution in [2.75, 3.05) is 0 Å². The smallest absolute Gasteiger partial charge is 0.406 e. The zero-order valence-corrected chi connectivity index (χ0v) is 10.7. The normalized spacial score (nSPS) is 11.4. The van der Waals surface area contributed by atoms with Gasteiger partial charge in [-0.25, -0.2) is 4.98 Å². The summed E-state index contributed by atoms with van der Waals surface area (Å²) in [7, 11) is 0. The molecule has 0 saturated heterocycles. The Kier molecular flexibility index (Phi) is 3.87. The van der Waals surface area contributed by atoms with Crippen molar-refractivity contribution in [2.24, 2.45) is 0 Å². The van der Waals surface area contributed by atoms with Crippen molar-refractivity contribution in [3.8, 4) is 16.9 Å². The van der Waals surface area contributed by atoms with Gasteiger partial charge in [-0.2, -0.15) is 0 Å². The van der Waals surface area contributed by atoms with Crippen LogP contribution in [0.15, 0.2) is 36.5 Å². The summed E-state index contributed by atoms with van der Waals surface area (Å²) in [6.07, 6.45) is -3.28. The van der Waals surface area contributed by atoms with Crippen LogP contribution >= 0.6 is 23.2 Å². The molecule has 2 rings (SSSR count). The summed E-state index contributed by atoms with van der Waals surface area (Å²) >= 11 is 11.9. The lowest BCUT2D eigenvalue weighted by atomic mass is 10.1. The summed E-state index contributed by atoms with van der Waals surface area (Å²) in [6.45, 7) is 0. The van der Waals surface area contributed by atoms with E-state index in [1.165, 1.54) is 30.5 Å². The fourth-order valence-corrected chi connectivity index (χ4v) is 2.07. The highest BCUT2D eigenvalue weighted by atomic mass is 35.5. The Morgan fingerprint density at radius 2 is 1.63 bits per heavy atom. The Balaban J connectivity index is 2.33. The van der Waals surface area contributed by atoms with E-state index in [0.29, 0.717) is 16.1 Å². The summed E-state index contributed by atoms with van der Waals surface area (Å²) in [5.74, 6) is -0.313. The predicted molar refractivity (Wildman–Crippen MR) is 66.4 cm³/mol. The van der Waals surface area contributed by atoms with E-state index in [1.54, 1.807) is 6.07 Å². The lowest BCUT2D eigenvalue weighted by molar-refractivity contribution is -0.274. The van der Waals surface area contributed by atoms with Gasteiger partial charge in [0.25, 0.3) is 0 Å². The number of aromatic nitrogens is 1. The number of hydrogen-bond donors (Lipinski definition) is 0.